The van der Waals surface area contributed by atoms with Crippen LogP contribution in [0.3, 0.4) is 0 Å². The van der Waals surface area contributed by atoms with Gasteiger partial charge in [-0.05, 0) is 19.8 Å². The van der Waals surface area contributed by atoms with Crippen LogP contribution in [0.15, 0.2) is 0 Å². The van der Waals surface area contributed by atoms with Gasteiger partial charge in [-0.1, -0.05) is 0 Å². The number of rotatable bonds is 3. The minimum absolute atomic E-state index is 0.298. The summed E-state index contributed by atoms with van der Waals surface area (Å²) >= 11 is 0. The highest BCUT2D eigenvalue weighted by Gasteiger charge is 2.32. The first kappa shape index (κ1) is 6.05. The molecule has 0 aromatic rings. The predicted molar refractivity (Wildman–Crippen MR) is 30.7 cm³/mol. The van der Waals surface area contributed by atoms with E-state index in [1.807, 2.05) is 0 Å². The number of aliphatic hydroxyl groups is 1. The molecule has 2 atom stereocenters. The first-order chi connectivity index (χ1) is 3.84. The third kappa shape index (κ3) is 1.46. The van der Waals surface area contributed by atoms with E-state index in [4.69, 9.17) is 9.84 Å². The van der Waals surface area contributed by atoms with Gasteiger partial charge in [0.05, 0.1) is 12.2 Å². The second-order valence-corrected chi connectivity index (χ2v) is 2.25. The molecule has 1 aliphatic rings. The van der Waals surface area contributed by atoms with E-state index in [0.29, 0.717) is 18.8 Å². The van der Waals surface area contributed by atoms with Crippen LogP contribution in [-0.4, -0.2) is 23.9 Å². The van der Waals surface area contributed by atoms with Gasteiger partial charge in [-0.2, -0.15) is 0 Å². The van der Waals surface area contributed by atoms with Gasteiger partial charge >= 0.3 is 0 Å². The zero-order chi connectivity index (χ0) is 5.98. The fourth-order valence-electron chi connectivity index (χ4n) is 0.826. The Morgan fingerprint density at radius 2 is 2.25 bits per heavy atom. The third-order valence-corrected chi connectivity index (χ3v) is 1.48. The molecule has 1 rings (SSSR count). The van der Waals surface area contributed by atoms with Gasteiger partial charge in [0.2, 0.25) is 0 Å². The summed E-state index contributed by atoms with van der Waals surface area (Å²) in [5.74, 6) is 0. The summed E-state index contributed by atoms with van der Waals surface area (Å²) in [6.07, 6.45) is 2.83. The van der Waals surface area contributed by atoms with E-state index in [1.165, 1.54) is 0 Å². The normalized spacial score (nSPS) is 35.2. The van der Waals surface area contributed by atoms with Crippen LogP contribution < -0.4 is 0 Å². The molecule has 0 aromatic carbocycles. The lowest BCUT2D eigenvalue weighted by molar-refractivity contribution is 0.273. The molecule has 0 spiro atoms. The second-order valence-electron chi connectivity index (χ2n) is 2.25. The molecule has 0 radical (unpaired) electrons. The molecule has 0 aliphatic carbocycles. The molecule has 1 saturated heterocycles. The van der Waals surface area contributed by atoms with Crippen molar-refractivity contribution >= 4 is 0 Å². The average molecular weight is 116 g/mol. The second kappa shape index (κ2) is 2.46. The third-order valence-electron chi connectivity index (χ3n) is 1.48. The summed E-state index contributed by atoms with van der Waals surface area (Å²) in [7, 11) is 0. The van der Waals surface area contributed by atoms with Crippen LogP contribution in [0.25, 0.3) is 0 Å². The topological polar surface area (TPSA) is 32.8 Å². The highest BCUT2D eigenvalue weighted by molar-refractivity contribution is 4.79. The zero-order valence-electron chi connectivity index (χ0n) is 5.13. The molecular formula is C6H12O2. The molecule has 0 saturated carbocycles. The van der Waals surface area contributed by atoms with Crippen molar-refractivity contribution in [1.82, 2.24) is 0 Å². The van der Waals surface area contributed by atoms with Crippen LogP contribution in [0.1, 0.15) is 19.8 Å². The van der Waals surface area contributed by atoms with E-state index >= 15 is 0 Å². The summed E-state index contributed by atoms with van der Waals surface area (Å²) in [6.45, 7) is 2.36. The van der Waals surface area contributed by atoms with Crippen LogP contribution in [0.4, 0.5) is 0 Å². The van der Waals surface area contributed by atoms with Gasteiger partial charge < -0.3 is 9.84 Å². The number of aliphatic hydroxyl groups excluding tert-OH is 1. The monoisotopic (exact) mass is 116 g/mol. The van der Waals surface area contributed by atoms with Crippen molar-refractivity contribution in [1.29, 1.82) is 0 Å². The molecular weight excluding hydrogens is 104 g/mol. The first-order valence-electron chi connectivity index (χ1n) is 3.11. The number of ether oxygens (including phenoxy) is 1. The van der Waals surface area contributed by atoms with Crippen LogP contribution in [0, 0.1) is 0 Å². The van der Waals surface area contributed by atoms with Gasteiger partial charge in [-0.25, -0.2) is 0 Å². The molecule has 48 valence electrons. The van der Waals surface area contributed by atoms with Crippen molar-refractivity contribution in [3.8, 4) is 0 Å². The van der Waals surface area contributed by atoms with E-state index < -0.39 is 0 Å². The van der Waals surface area contributed by atoms with Crippen molar-refractivity contribution in [2.75, 3.05) is 6.61 Å². The van der Waals surface area contributed by atoms with Crippen molar-refractivity contribution in [2.24, 2.45) is 0 Å². The van der Waals surface area contributed by atoms with Crippen molar-refractivity contribution in [3.05, 3.63) is 0 Å². The molecule has 8 heavy (non-hydrogen) atoms. The molecule has 2 heteroatoms. The number of hydrogen-bond acceptors (Lipinski definition) is 2. The van der Waals surface area contributed by atoms with Gasteiger partial charge in [-0.15, -0.1) is 0 Å². The van der Waals surface area contributed by atoms with Crippen LogP contribution in [0.5, 0.6) is 0 Å². The van der Waals surface area contributed by atoms with Gasteiger partial charge in [0.15, 0.2) is 0 Å². The maximum atomic E-state index is 8.37. The molecule has 0 amide bonds. The zero-order valence-corrected chi connectivity index (χ0v) is 5.13. The fourth-order valence-corrected chi connectivity index (χ4v) is 0.826. The molecule has 0 unspecified atom stereocenters. The maximum Gasteiger partial charge on any atom is 0.0839 e. The SMILES string of the molecule is C[C@@H]1O[C@@H]1CCCO. The minimum Gasteiger partial charge on any atom is -0.396 e. The first-order valence-corrected chi connectivity index (χ1v) is 3.11. The van der Waals surface area contributed by atoms with E-state index in [1.54, 1.807) is 0 Å². The highest BCUT2D eigenvalue weighted by atomic mass is 16.6. The lowest BCUT2D eigenvalue weighted by Gasteiger charge is -1.87. The standard InChI is InChI=1S/C6H12O2/c1-5-6(8-5)3-2-4-7/h5-7H,2-4H2,1H3/t5-,6+/m0/s1. The van der Waals surface area contributed by atoms with Crippen molar-refractivity contribution in [2.45, 2.75) is 32.0 Å². The van der Waals surface area contributed by atoms with Crippen molar-refractivity contribution < 1.29 is 9.84 Å². The summed E-state index contributed by atoms with van der Waals surface area (Å²) in [4.78, 5) is 0. The summed E-state index contributed by atoms with van der Waals surface area (Å²) in [5.41, 5.74) is 0. The van der Waals surface area contributed by atoms with Crippen LogP contribution in [-0.2, 0) is 4.74 Å². The lowest BCUT2D eigenvalue weighted by Crippen LogP contribution is -1.91. The largest absolute Gasteiger partial charge is 0.396 e. The lowest BCUT2D eigenvalue weighted by atomic mass is 10.2. The van der Waals surface area contributed by atoms with Crippen LogP contribution >= 0.6 is 0 Å². The number of epoxide rings is 1. The molecule has 1 heterocycles. The Morgan fingerprint density at radius 1 is 1.62 bits per heavy atom. The maximum absolute atomic E-state index is 8.37. The minimum atomic E-state index is 0.298. The van der Waals surface area contributed by atoms with Gasteiger partial charge in [0.1, 0.15) is 0 Å². The Labute approximate surface area is 49.5 Å². The summed E-state index contributed by atoms with van der Waals surface area (Å²) in [5, 5.41) is 8.37. The van der Waals surface area contributed by atoms with E-state index in [9.17, 15) is 0 Å². The van der Waals surface area contributed by atoms with E-state index in [0.717, 1.165) is 12.8 Å². The Hall–Kier alpha value is -0.0800. The van der Waals surface area contributed by atoms with E-state index in [-0.39, 0.29) is 0 Å². The Balaban J connectivity index is 1.89. The fraction of sp³-hybridized carbons (Fsp3) is 1.00. The van der Waals surface area contributed by atoms with Crippen LogP contribution in [0.2, 0.25) is 0 Å². The molecule has 1 N–H and O–H groups in total. The van der Waals surface area contributed by atoms with E-state index in [2.05, 4.69) is 6.92 Å². The highest BCUT2D eigenvalue weighted by Crippen LogP contribution is 2.24. The molecule has 2 nitrogen and oxygen atoms in total. The van der Waals surface area contributed by atoms with Gasteiger partial charge in [0.25, 0.3) is 0 Å². The average Bonchev–Trinajstić information content (AvgIpc) is 2.42. The smallest absolute Gasteiger partial charge is 0.0839 e. The quantitative estimate of drug-likeness (QED) is 0.546. The van der Waals surface area contributed by atoms with Gasteiger partial charge in [-0.3, -0.25) is 0 Å². The summed E-state index contributed by atoms with van der Waals surface area (Å²) < 4.78 is 5.11. The Morgan fingerprint density at radius 3 is 2.62 bits per heavy atom. The van der Waals surface area contributed by atoms with Gasteiger partial charge in [0, 0.05) is 6.61 Å². The van der Waals surface area contributed by atoms with Crippen molar-refractivity contribution in [3.63, 3.8) is 0 Å². The molecule has 0 aromatic heterocycles. The Kier molecular flexibility index (Phi) is 1.86. The Bertz CT molecular complexity index is 72.9. The molecule has 0 bridgehead atoms. The summed E-state index contributed by atoms with van der Waals surface area (Å²) in [6, 6.07) is 0. The number of hydrogen-bond donors (Lipinski definition) is 1. The molecule has 1 fully saturated rings. The predicted octanol–water partition coefficient (Wildman–Crippen LogP) is 0.546. The molecule has 1 aliphatic heterocycles.